The molecule has 0 N–H and O–H groups in total. The van der Waals surface area contributed by atoms with E-state index in [1.54, 1.807) is 26.2 Å². The Kier molecular flexibility index (Phi) is 5.23. The number of carbonyl (C=O) groups is 1. The van der Waals surface area contributed by atoms with Crippen LogP contribution in [0.25, 0.3) is 5.69 Å². The van der Waals surface area contributed by atoms with Crippen LogP contribution in [-0.4, -0.2) is 22.9 Å². The topological polar surface area (TPSA) is 53.4 Å². The first-order chi connectivity index (χ1) is 12.5. The monoisotopic (exact) mass is 374 g/mol. The fourth-order valence-electron chi connectivity index (χ4n) is 2.43. The van der Waals surface area contributed by atoms with Gasteiger partial charge in [-0.25, -0.2) is 13.9 Å². The fraction of sp³-hybridized carbons (Fsp3) is 0.158. The van der Waals surface area contributed by atoms with E-state index in [1.807, 2.05) is 12.1 Å². The van der Waals surface area contributed by atoms with Gasteiger partial charge in [0.15, 0.2) is 0 Å². The molecule has 3 aromatic rings. The first-order valence-corrected chi connectivity index (χ1v) is 8.18. The predicted octanol–water partition coefficient (Wildman–Crippen LogP) is 4.34. The van der Waals surface area contributed by atoms with Crippen LogP contribution in [0.4, 0.5) is 4.39 Å². The van der Waals surface area contributed by atoms with Gasteiger partial charge in [-0.15, -0.1) is 0 Å². The molecule has 26 heavy (non-hydrogen) atoms. The molecule has 0 aliphatic carbocycles. The van der Waals surface area contributed by atoms with Crippen LogP contribution in [0.15, 0.2) is 48.5 Å². The minimum absolute atomic E-state index is 0.0975. The van der Waals surface area contributed by atoms with Gasteiger partial charge < -0.3 is 9.47 Å². The van der Waals surface area contributed by atoms with E-state index in [0.717, 1.165) is 11.3 Å². The zero-order chi connectivity index (χ0) is 18.7. The van der Waals surface area contributed by atoms with Gasteiger partial charge in [0.1, 0.15) is 28.9 Å². The van der Waals surface area contributed by atoms with Crippen molar-refractivity contribution >= 4 is 17.6 Å². The molecule has 0 bridgehead atoms. The number of rotatable bonds is 5. The molecule has 134 valence electrons. The molecule has 2 aromatic carbocycles. The van der Waals surface area contributed by atoms with E-state index in [-0.39, 0.29) is 23.1 Å². The third kappa shape index (κ3) is 3.70. The highest BCUT2D eigenvalue weighted by atomic mass is 35.5. The third-order valence-corrected chi connectivity index (χ3v) is 4.16. The highest BCUT2D eigenvalue weighted by molar-refractivity contribution is 6.33. The highest BCUT2D eigenvalue weighted by Crippen LogP contribution is 2.25. The molecule has 0 aliphatic rings. The normalized spacial score (nSPS) is 10.6. The first kappa shape index (κ1) is 17.9. The molecule has 5 nitrogen and oxygen atoms in total. The van der Waals surface area contributed by atoms with Crippen molar-refractivity contribution in [1.29, 1.82) is 0 Å². The Hall–Kier alpha value is -2.86. The number of esters is 1. The van der Waals surface area contributed by atoms with E-state index in [2.05, 4.69) is 5.10 Å². The summed E-state index contributed by atoms with van der Waals surface area (Å²) in [4.78, 5) is 12.4. The van der Waals surface area contributed by atoms with Crippen LogP contribution in [0.2, 0.25) is 5.15 Å². The van der Waals surface area contributed by atoms with Crippen molar-refractivity contribution in [2.75, 3.05) is 7.11 Å². The molecule has 0 aliphatic heterocycles. The van der Waals surface area contributed by atoms with Gasteiger partial charge in [-0.2, -0.15) is 5.10 Å². The summed E-state index contributed by atoms with van der Waals surface area (Å²) in [6.07, 6.45) is 0. The maximum atomic E-state index is 13.1. The maximum absolute atomic E-state index is 13.1. The molecule has 0 saturated heterocycles. The standard InChI is InChI=1S/C19H16ClFN2O3/c1-12-17(18(20)23(22-12)15-7-5-14(21)6-8-15)19(24)26-11-13-3-9-16(25-2)10-4-13/h3-10H,11H2,1-2H3. The lowest BCUT2D eigenvalue weighted by atomic mass is 10.2. The molecule has 3 rings (SSSR count). The van der Waals surface area contributed by atoms with E-state index in [1.165, 1.54) is 28.9 Å². The minimum atomic E-state index is -0.573. The van der Waals surface area contributed by atoms with Gasteiger partial charge in [-0.3, -0.25) is 0 Å². The van der Waals surface area contributed by atoms with Gasteiger partial charge in [0.2, 0.25) is 0 Å². The van der Waals surface area contributed by atoms with Gasteiger partial charge in [0, 0.05) is 0 Å². The summed E-state index contributed by atoms with van der Waals surface area (Å²) in [6.45, 7) is 1.76. The number of methoxy groups -OCH3 is 1. The molecular formula is C19H16ClFN2O3. The number of carbonyl (C=O) groups excluding carboxylic acids is 1. The molecule has 1 aromatic heterocycles. The van der Waals surface area contributed by atoms with Crippen molar-refractivity contribution in [3.05, 3.63) is 76.3 Å². The quantitative estimate of drug-likeness (QED) is 0.623. The molecular weight excluding hydrogens is 359 g/mol. The first-order valence-electron chi connectivity index (χ1n) is 7.80. The van der Waals surface area contributed by atoms with Crippen molar-refractivity contribution in [2.45, 2.75) is 13.5 Å². The summed E-state index contributed by atoms with van der Waals surface area (Å²) < 4.78 is 24.9. The number of benzene rings is 2. The Morgan fingerprint density at radius 1 is 1.15 bits per heavy atom. The Balaban J connectivity index is 1.77. The lowest BCUT2D eigenvalue weighted by Crippen LogP contribution is -2.07. The van der Waals surface area contributed by atoms with E-state index in [9.17, 15) is 9.18 Å². The van der Waals surface area contributed by atoms with Gasteiger partial charge in [0.05, 0.1) is 18.5 Å². The van der Waals surface area contributed by atoms with Crippen LogP contribution in [-0.2, 0) is 11.3 Å². The summed E-state index contributed by atoms with van der Waals surface area (Å²) in [6, 6.07) is 12.8. The summed E-state index contributed by atoms with van der Waals surface area (Å²) >= 11 is 6.31. The zero-order valence-corrected chi connectivity index (χ0v) is 15.0. The molecule has 0 spiro atoms. The number of ether oxygens (including phenoxy) is 2. The summed E-state index contributed by atoms with van der Waals surface area (Å²) in [5.74, 6) is -0.218. The summed E-state index contributed by atoms with van der Waals surface area (Å²) in [5, 5.41) is 4.37. The van der Waals surface area contributed by atoms with Gasteiger partial charge in [-0.1, -0.05) is 23.7 Å². The Labute approximate surface area is 154 Å². The van der Waals surface area contributed by atoms with Crippen LogP contribution in [0.3, 0.4) is 0 Å². The third-order valence-electron chi connectivity index (χ3n) is 3.81. The molecule has 0 radical (unpaired) electrons. The lowest BCUT2D eigenvalue weighted by Gasteiger charge is -2.06. The summed E-state index contributed by atoms with van der Waals surface area (Å²) in [7, 11) is 1.58. The molecule has 0 saturated carbocycles. The second-order valence-corrected chi connectivity index (χ2v) is 5.92. The Bertz CT molecular complexity index is 921. The zero-order valence-electron chi connectivity index (χ0n) is 14.2. The van der Waals surface area contributed by atoms with Crippen LogP contribution >= 0.6 is 11.6 Å². The van der Waals surface area contributed by atoms with Gasteiger partial charge in [-0.05, 0) is 48.9 Å². The van der Waals surface area contributed by atoms with Crippen molar-refractivity contribution < 1.29 is 18.7 Å². The van der Waals surface area contributed by atoms with E-state index >= 15 is 0 Å². The van der Waals surface area contributed by atoms with Crippen molar-refractivity contribution in [3.8, 4) is 11.4 Å². The van der Waals surface area contributed by atoms with Crippen LogP contribution < -0.4 is 4.74 Å². The lowest BCUT2D eigenvalue weighted by molar-refractivity contribution is 0.0472. The van der Waals surface area contributed by atoms with Crippen molar-refractivity contribution in [3.63, 3.8) is 0 Å². The van der Waals surface area contributed by atoms with E-state index < -0.39 is 5.97 Å². The smallest absolute Gasteiger partial charge is 0.343 e. The van der Waals surface area contributed by atoms with Gasteiger partial charge >= 0.3 is 5.97 Å². The number of hydrogen-bond donors (Lipinski definition) is 0. The Morgan fingerprint density at radius 2 is 1.81 bits per heavy atom. The average molecular weight is 375 g/mol. The maximum Gasteiger partial charge on any atom is 0.343 e. The predicted molar refractivity (Wildman–Crippen MR) is 95.4 cm³/mol. The average Bonchev–Trinajstić information content (AvgIpc) is 2.95. The minimum Gasteiger partial charge on any atom is -0.497 e. The van der Waals surface area contributed by atoms with Gasteiger partial charge in [0.25, 0.3) is 0 Å². The van der Waals surface area contributed by atoms with E-state index in [4.69, 9.17) is 21.1 Å². The molecule has 0 amide bonds. The summed E-state index contributed by atoms with van der Waals surface area (Å²) in [5.41, 5.74) is 1.98. The van der Waals surface area contributed by atoms with Crippen LogP contribution in [0, 0.1) is 12.7 Å². The van der Waals surface area contributed by atoms with E-state index in [0.29, 0.717) is 11.4 Å². The number of aryl methyl sites for hydroxylation is 1. The highest BCUT2D eigenvalue weighted by Gasteiger charge is 2.22. The molecule has 0 unspecified atom stereocenters. The van der Waals surface area contributed by atoms with Crippen LogP contribution in [0.1, 0.15) is 21.6 Å². The second-order valence-electron chi connectivity index (χ2n) is 5.56. The number of aromatic nitrogens is 2. The number of halogens is 2. The fourth-order valence-corrected chi connectivity index (χ4v) is 2.78. The second kappa shape index (κ2) is 7.58. The number of nitrogens with zero attached hydrogens (tertiary/aromatic N) is 2. The van der Waals surface area contributed by atoms with Crippen molar-refractivity contribution in [2.24, 2.45) is 0 Å². The SMILES string of the molecule is COc1ccc(COC(=O)c2c(C)nn(-c3ccc(F)cc3)c2Cl)cc1. The molecule has 0 fully saturated rings. The molecule has 1 heterocycles. The van der Waals surface area contributed by atoms with Crippen molar-refractivity contribution in [1.82, 2.24) is 9.78 Å². The molecule has 7 heteroatoms. The largest absolute Gasteiger partial charge is 0.497 e. The number of hydrogen-bond acceptors (Lipinski definition) is 4. The van der Waals surface area contributed by atoms with Crippen LogP contribution in [0.5, 0.6) is 5.75 Å². The molecule has 0 atom stereocenters. The Morgan fingerprint density at radius 3 is 2.42 bits per heavy atom.